The van der Waals surface area contributed by atoms with E-state index in [4.69, 9.17) is 16.3 Å². The fourth-order valence-corrected chi connectivity index (χ4v) is 4.89. The van der Waals surface area contributed by atoms with Crippen LogP contribution in [0, 0.1) is 0 Å². The second-order valence-corrected chi connectivity index (χ2v) is 8.28. The molecule has 0 bridgehead atoms. The summed E-state index contributed by atoms with van der Waals surface area (Å²) < 4.78 is 35.9. The van der Waals surface area contributed by atoms with Gasteiger partial charge in [-0.1, -0.05) is 23.7 Å². The van der Waals surface area contributed by atoms with E-state index >= 15 is 0 Å². The van der Waals surface area contributed by atoms with Gasteiger partial charge in [-0.15, -0.1) is 10.2 Å². The molecular weight excluding hydrogens is 444 g/mol. The van der Waals surface area contributed by atoms with Gasteiger partial charge in [-0.3, -0.25) is 4.72 Å². The second kappa shape index (κ2) is 7.26. The van der Waals surface area contributed by atoms with Crippen molar-refractivity contribution in [3.8, 4) is 17.1 Å². The summed E-state index contributed by atoms with van der Waals surface area (Å²) in [4.78, 5) is -0.0767. The molecule has 0 fully saturated rings. The van der Waals surface area contributed by atoms with Gasteiger partial charge in [0.25, 0.3) is 10.0 Å². The lowest BCUT2D eigenvalue weighted by Gasteiger charge is -2.15. The van der Waals surface area contributed by atoms with Gasteiger partial charge >= 0.3 is 0 Å². The van der Waals surface area contributed by atoms with Gasteiger partial charge in [-0.05, 0) is 40.2 Å². The molecule has 0 saturated heterocycles. The van der Waals surface area contributed by atoms with E-state index < -0.39 is 10.0 Å². The predicted molar refractivity (Wildman–Crippen MR) is 103 cm³/mol. The SMILES string of the molecule is COc1c(Br)cc(Cl)cc1S(=O)(=O)Nc1ccccc1-c1nncn1C. The highest BCUT2D eigenvalue weighted by Crippen LogP contribution is 2.37. The molecule has 0 spiro atoms. The van der Waals surface area contributed by atoms with Crippen molar-refractivity contribution in [1.82, 2.24) is 14.8 Å². The van der Waals surface area contributed by atoms with Crippen molar-refractivity contribution >= 4 is 43.2 Å². The van der Waals surface area contributed by atoms with E-state index in [1.807, 2.05) is 0 Å². The molecule has 0 saturated carbocycles. The number of aryl methyl sites for hydroxylation is 1. The average molecular weight is 458 g/mol. The molecular formula is C16H14BrClN4O3S. The van der Waals surface area contributed by atoms with Crippen molar-refractivity contribution in [1.29, 1.82) is 0 Å². The van der Waals surface area contributed by atoms with Crippen LogP contribution in [0.3, 0.4) is 0 Å². The first-order valence-electron chi connectivity index (χ1n) is 7.32. The van der Waals surface area contributed by atoms with Gasteiger partial charge in [-0.2, -0.15) is 0 Å². The molecule has 0 aliphatic heterocycles. The number of methoxy groups -OCH3 is 1. The van der Waals surface area contributed by atoms with Crippen molar-refractivity contribution < 1.29 is 13.2 Å². The van der Waals surface area contributed by atoms with Crippen molar-refractivity contribution in [3.63, 3.8) is 0 Å². The van der Waals surface area contributed by atoms with E-state index in [0.717, 1.165) is 0 Å². The Balaban J connectivity index is 2.09. The number of nitrogens with one attached hydrogen (secondary N) is 1. The number of aromatic nitrogens is 3. The number of nitrogens with zero attached hydrogens (tertiary/aromatic N) is 3. The summed E-state index contributed by atoms with van der Waals surface area (Å²) in [6.45, 7) is 0. The van der Waals surface area contributed by atoms with Crippen molar-refractivity contribution in [3.05, 3.63) is 52.2 Å². The molecule has 0 amide bonds. The Labute approximate surface area is 164 Å². The Bertz CT molecular complexity index is 1070. The highest BCUT2D eigenvalue weighted by molar-refractivity contribution is 9.10. The number of benzene rings is 2. The Morgan fingerprint density at radius 3 is 2.65 bits per heavy atom. The van der Waals surface area contributed by atoms with Gasteiger partial charge in [0.15, 0.2) is 11.6 Å². The molecule has 1 heterocycles. The molecule has 0 aliphatic rings. The minimum Gasteiger partial charge on any atom is -0.494 e. The van der Waals surface area contributed by atoms with Gasteiger partial charge in [0, 0.05) is 17.6 Å². The minimum absolute atomic E-state index is 0.0767. The van der Waals surface area contributed by atoms with Crippen LogP contribution in [0.1, 0.15) is 0 Å². The second-order valence-electron chi connectivity index (χ2n) is 5.34. The van der Waals surface area contributed by atoms with Crippen molar-refractivity contribution in [2.45, 2.75) is 4.90 Å². The third kappa shape index (κ3) is 3.55. The summed E-state index contributed by atoms with van der Waals surface area (Å²) in [6.07, 6.45) is 1.54. The molecule has 1 aromatic heterocycles. The first-order valence-corrected chi connectivity index (χ1v) is 9.98. The summed E-state index contributed by atoms with van der Waals surface area (Å²) in [6, 6.07) is 9.81. The maximum absolute atomic E-state index is 13.0. The van der Waals surface area contributed by atoms with Crippen LogP contribution < -0.4 is 9.46 Å². The van der Waals surface area contributed by atoms with Gasteiger partial charge in [0.1, 0.15) is 11.2 Å². The maximum Gasteiger partial charge on any atom is 0.265 e. The molecule has 3 rings (SSSR count). The normalized spacial score (nSPS) is 11.4. The van der Waals surface area contributed by atoms with Gasteiger partial charge < -0.3 is 9.30 Å². The van der Waals surface area contributed by atoms with Crippen LogP contribution in [-0.2, 0) is 17.1 Å². The van der Waals surface area contributed by atoms with E-state index in [9.17, 15) is 8.42 Å². The number of para-hydroxylation sites is 1. The number of ether oxygens (including phenoxy) is 1. The first-order chi connectivity index (χ1) is 12.3. The van der Waals surface area contributed by atoms with Crippen LogP contribution >= 0.6 is 27.5 Å². The van der Waals surface area contributed by atoms with Gasteiger partial charge in [-0.25, -0.2) is 8.42 Å². The zero-order chi connectivity index (χ0) is 18.9. The Morgan fingerprint density at radius 1 is 1.27 bits per heavy atom. The number of rotatable bonds is 5. The van der Waals surface area contributed by atoms with Gasteiger partial charge in [0.2, 0.25) is 0 Å². The van der Waals surface area contributed by atoms with E-state index in [2.05, 4.69) is 30.8 Å². The molecule has 7 nitrogen and oxygen atoms in total. The highest BCUT2D eigenvalue weighted by atomic mass is 79.9. The maximum atomic E-state index is 13.0. The highest BCUT2D eigenvalue weighted by Gasteiger charge is 2.24. The number of hydrogen-bond acceptors (Lipinski definition) is 5. The molecule has 10 heteroatoms. The molecule has 26 heavy (non-hydrogen) atoms. The molecule has 136 valence electrons. The lowest BCUT2D eigenvalue weighted by molar-refractivity contribution is 0.400. The monoisotopic (exact) mass is 456 g/mol. The summed E-state index contributed by atoms with van der Waals surface area (Å²) >= 11 is 9.29. The number of halogens is 2. The van der Waals surface area contributed by atoms with Crippen LogP contribution in [0.4, 0.5) is 5.69 Å². The summed E-state index contributed by atoms with van der Waals surface area (Å²) in [5.74, 6) is 0.695. The van der Waals surface area contributed by atoms with E-state index in [1.165, 1.54) is 19.5 Å². The molecule has 0 atom stereocenters. The van der Waals surface area contributed by atoms with Gasteiger partial charge in [0.05, 0.1) is 17.3 Å². The molecule has 0 unspecified atom stereocenters. The lowest BCUT2D eigenvalue weighted by Crippen LogP contribution is -2.15. The van der Waals surface area contributed by atoms with E-state index in [1.54, 1.807) is 41.9 Å². The van der Waals surface area contributed by atoms with Crippen LogP contribution in [-0.4, -0.2) is 30.3 Å². The molecule has 1 N–H and O–H groups in total. The third-order valence-electron chi connectivity index (χ3n) is 3.59. The average Bonchev–Trinajstić information content (AvgIpc) is 3.00. The molecule has 0 aliphatic carbocycles. The molecule has 2 aromatic carbocycles. The van der Waals surface area contributed by atoms with Crippen LogP contribution in [0.5, 0.6) is 5.75 Å². The van der Waals surface area contributed by atoms with E-state index in [-0.39, 0.29) is 15.7 Å². The minimum atomic E-state index is -3.97. The van der Waals surface area contributed by atoms with Crippen LogP contribution in [0.15, 0.2) is 52.1 Å². The predicted octanol–water partition coefficient (Wildman–Crippen LogP) is 3.71. The zero-order valence-corrected chi connectivity index (χ0v) is 16.9. The Kier molecular flexibility index (Phi) is 5.22. The number of anilines is 1. The molecule has 0 radical (unpaired) electrons. The van der Waals surface area contributed by atoms with Crippen LogP contribution in [0.25, 0.3) is 11.4 Å². The fourth-order valence-electron chi connectivity index (χ4n) is 2.43. The fraction of sp³-hybridized carbons (Fsp3) is 0.125. The standard InChI is InChI=1S/C16H14BrClN4O3S/c1-22-9-19-20-16(22)11-5-3-4-6-13(11)21-26(23,24)14-8-10(18)7-12(17)15(14)25-2/h3-9,21H,1-2H3. The zero-order valence-electron chi connectivity index (χ0n) is 13.8. The van der Waals surface area contributed by atoms with E-state index in [0.29, 0.717) is 21.5 Å². The molecule has 3 aromatic rings. The summed E-state index contributed by atoms with van der Waals surface area (Å²) in [7, 11) is -0.809. The Morgan fingerprint density at radius 2 is 2.00 bits per heavy atom. The largest absolute Gasteiger partial charge is 0.494 e. The lowest BCUT2D eigenvalue weighted by atomic mass is 10.2. The number of hydrogen-bond donors (Lipinski definition) is 1. The first kappa shape index (κ1) is 18.7. The summed E-state index contributed by atoms with van der Waals surface area (Å²) in [5, 5.41) is 8.14. The van der Waals surface area contributed by atoms with Crippen LogP contribution in [0.2, 0.25) is 5.02 Å². The number of sulfonamides is 1. The summed E-state index contributed by atoms with van der Waals surface area (Å²) in [5.41, 5.74) is 0.956. The quantitative estimate of drug-likeness (QED) is 0.631. The topological polar surface area (TPSA) is 86.1 Å². The third-order valence-corrected chi connectivity index (χ3v) is 5.77. The smallest absolute Gasteiger partial charge is 0.265 e. The van der Waals surface area contributed by atoms with Crippen molar-refractivity contribution in [2.24, 2.45) is 7.05 Å². The Hall–Kier alpha value is -2.10. The van der Waals surface area contributed by atoms with Crippen molar-refractivity contribution in [2.75, 3.05) is 11.8 Å².